The van der Waals surface area contributed by atoms with Crippen molar-refractivity contribution in [2.75, 3.05) is 52.5 Å². The third-order valence-corrected chi connectivity index (χ3v) is 4.17. The highest BCUT2D eigenvalue weighted by Crippen LogP contribution is 2.30. The van der Waals surface area contributed by atoms with Crippen molar-refractivity contribution in [3.8, 4) is 0 Å². The summed E-state index contributed by atoms with van der Waals surface area (Å²) in [6.07, 6.45) is -2.91. The van der Waals surface area contributed by atoms with Gasteiger partial charge in [-0.15, -0.1) is 0 Å². The van der Waals surface area contributed by atoms with Gasteiger partial charge >= 0.3 is 12.1 Å². The molecule has 0 amide bonds. The predicted molar refractivity (Wildman–Crippen MR) is 69.1 cm³/mol. The smallest absolute Gasteiger partial charge is 0.401 e. The van der Waals surface area contributed by atoms with Crippen molar-refractivity contribution in [2.24, 2.45) is 5.41 Å². The molecule has 0 saturated carbocycles. The molecule has 2 rings (SSSR count). The number of hydrogen-bond acceptors (Lipinski definition) is 4. The van der Waals surface area contributed by atoms with Crippen LogP contribution in [0.5, 0.6) is 0 Å². The van der Waals surface area contributed by atoms with Gasteiger partial charge in [0.05, 0.1) is 13.2 Å². The Balaban J connectivity index is 1.85. The SMILES string of the molecule is O=C(O)C1(CN2CCN(CC(F)(F)F)CC2)CCCOC1. The molecule has 2 aliphatic heterocycles. The lowest BCUT2D eigenvalue weighted by atomic mass is 9.82. The average Bonchev–Trinajstić information content (AvgIpc) is 2.40. The fourth-order valence-corrected chi connectivity index (χ4v) is 3.00. The Morgan fingerprint density at radius 1 is 1.19 bits per heavy atom. The van der Waals surface area contributed by atoms with Crippen LogP contribution in [0.3, 0.4) is 0 Å². The maximum atomic E-state index is 12.3. The van der Waals surface area contributed by atoms with Gasteiger partial charge in [0.15, 0.2) is 0 Å². The first-order chi connectivity index (χ1) is 9.81. The van der Waals surface area contributed by atoms with E-state index in [1.807, 2.05) is 4.90 Å². The summed E-state index contributed by atoms with van der Waals surface area (Å²) in [5, 5.41) is 9.46. The first kappa shape index (κ1) is 16.5. The minimum atomic E-state index is -4.18. The molecule has 0 aromatic rings. The van der Waals surface area contributed by atoms with Crippen LogP contribution in [0.15, 0.2) is 0 Å². The van der Waals surface area contributed by atoms with Crippen LogP contribution in [0.25, 0.3) is 0 Å². The molecule has 5 nitrogen and oxygen atoms in total. The summed E-state index contributed by atoms with van der Waals surface area (Å²) in [5.41, 5.74) is -0.912. The molecule has 2 saturated heterocycles. The van der Waals surface area contributed by atoms with E-state index in [9.17, 15) is 23.1 Å². The van der Waals surface area contributed by atoms with E-state index < -0.39 is 24.1 Å². The van der Waals surface area contributed by atoms with Crippen molar-refractivity contribution in [3.05, 3.63) is 0 Å². The number of halogens is 3. The van der Waals surface area contributed by atoms with Gasteiger partial charge in [0.25, 0.3) is 0 Å². The summed E-state index contributed by atoms with van der Waals surface area (Å²) in [7, 11) is 0. The Labute approximate surface area is 121 Å². The van der Waals surface area contributed by atoms with Gasteiger partial charge in [-0.25, -0.2) is 0 Å². The monoisotopic (exact) mass is 310 g/mol. The van der Waals surface area contributed by atoms with Crippen molar-refractivity contribution in [1.29, 1.82) is 0 Å². The first-order valence-corrected chi connectivity index (χ1v) is 7.13. The number of piperazine rings is 1. The molecule has 2 fully saturated rings. The minimum Gasteiger partial charge on any atom is -0.481 e. The zero-order chi connectivity index (χ0) is 15.5. The minimum absolute atomic E-state index is 0.186. The van der Waals surface area contributed by atoms with E-state index in [1.165, 1.54) is 4.90 Å². The highest BCUT2D eigenvalue weighted by molar-refractivity contribution is 5.75. The fraction of sp³-hybridized carbons (Fsp3) is 0.923. The van der Waals surface area contributed by atoms with Gasteiger partial charge in [-0.2, -0.15) is 13.2 Å². The Morgan fingerprint density at radius 2 is 1.81 bits per heavy atom. The largest absolute Gasteiger partial charge is 0.481 e. The van der Waals surface area contributed by atoms with Crippen molar-refractivity contribution in [1.82, 2.24) is 9.80 Å². The van der Waals surface area contributed by atoms with E-state index in [-0.39, 0.29) is 6.61 Å². The number of carboxylic acid groups (broad SMARTS) is 1. The highest BCUT2D eigenvalue weighted by atomic mass is 19.4. The van der Waals surface area contributed by atoms with Gasteiger partial charge in [-0.05, 0) is 12.8 Å². The molecule has 2 heterocycles. The number of carboxylic acids is 1. The summed E-state index contributed by atoms with van der Waals surface area (Å²) < 4.78 is 42.3. The molecular formula is C13H21F3N2O3. The summed E-state index contributed by atoms with van der Waals surface area (Å²) in [4.78, 5) is 14.8. The van der Waals surface area contributed by atoms with E-state index >= 15 is 0 Å². The number of rotatable bonds is 4. The lowest BCUT2D eigenvalue weighted by Gasteiger charge is -2.41. The maximum Gasteiger partial charge on any atom is 0.401 e. The second-order valence-corrected chi connectivity index (χ2v) is 5.91. The molecule has 122 valence electrons. The molecule has 1 unspecified atom stereocenters. The Kier molecular flexibility index (Phi) is 5.11. The molecule has 1 N–H and O–H groups in total. The van der Waals surface area contributed by atoms with Crippen molar-refractivity contribution < 1.29 is 27.8 Å². The van der Waals surface area contributed by atoms with Crippen molar-refractivity contribution >= 4 is 5.97 Å². The third-order valence-electron chi connectivity index (χ3n) is 4.17. The zero-order valence-electron chi connectivity index (χ0n) is 11.9. The maximum absolute atomic E-state index is 12.3. The van der Waals surface area contributed by atoms with E-state index in [4.69, 9.17) is 4.74 Å². The molecule has 8 heteroatoms. The Bertz CT molecular complexity index is 362. The van der Waals surface area contributed by atoms with E-state index in [1.54, 1.807) is 0 Å². The molecule has 0 aromatic heterocycles. The number of ether oxygens (including phenoxy) is 1. The summed E-state index contributed by atoms with van der Waals surface area (Å²) in [6.45, 7) is 1.78. The zero-order valence-corrected chi connectivity index (χ0v) is 11.9. The van der Waals surface area contributed by atoms with E-state index in [0.29, 0.717) is 52.2 Å². The van der Waals surface area contributed by atoms with Crippen LogP contribution in [-0.2, 0) is 9.53 Å². The first-order valence-electron chi connectivity index (χ1n) is 7.13. The van der Waals surface area contributed by atoms with Gasteiger partial charge in [0, 0.05) is 39.3 Å². The van der Waals surface area contributed by atoms with Gasteiger partial charge < -0.3 is 9.84 Å². The van der Waals surface area contributed by atoms with Gasteiger partial charge in [-0.3, -0.25) is 14.6 Å². The molecule has 1 atom stereocenters. The summed E-state index contributed by atoms with van der Waals surface area (Å²) >= 11 is 0. The van der Waals surface area contributed by atoms with Crippen LogP contribution < -0.4 is 0 Å². The van der Waals surface area contributed by atoms with Gasteiger partial charge in [0.2, 0.25) is 0 Å². The number of nitrogens with zero attached hydrogens (tertiary/aromatic N) is 2. The van der Waals surface area contributed by atoms with E-state index in [2.05, 4.69) is 0 Å². The topological polar surface area (TPSA) is 53.0 Å². The quantitative estimate of drug-likeness (QED) is 0.841. The predicted octanol–water partition coefficient (Wildman–Crippen LogP) is 1.05. The number of aliphatic carboxylic acids is 1. The number of alkyl halides is 3. The van der Waals surface area contributed by atoms with Crippen molar-refractivity contribution in [2.45, 2.75) is 19.0 Å². The van der Waals surface area contributed by atoms with Crippen LogP contribution in [0, 0.1) is 5.41 Å². The summed E-state index contributed by atoms with van der Waals surface area (Å²) in [5.74, 6) is -0.875. The van der Waals surface area contributed by atoms with Gasteiger partial charge in [-0.1, -0.05) is 0 Å². The molecule has 0 aliphatic carbocycles. The van der Waals surface area contributed by atoms with Crippen LogP contribution in [0.4, 0.5) is 13.2 Å². The number of hydrogen-bond donors (Lipinski definition) is 1. The normalized spacial score (nSPS) is 29.5. The van der Waals surface area contributed by atoms with Crippen LogP contribution in [0.1, 0.15) is 12.8 Å². The standard InChI is InChI=1S/C13H21F3N2O3/c14-13(15,16)9-18-5-3-17(4-6-18)8-12(11(19)20)2-1-7-21-10-12/h1-10H2,(H,19,20). The van der Waals surface area contributed by atoms with Gasteiger partial charge in [0.1, 0.15) is 5.41 Å². The highest BCUT2D eigenvalue weighted by Gasteiger charge is 2.42. The summed E-state index contributed by atoms with van der Waals surface area (Å²) in [6, 6.07) is 0. The molecule has 0 bridgehead atoms. The second-order valence-electron chi connectivity index (χ2n) is 5.91. The average molecular weight is 310 g/mol. The Hall–Kier alpha value is -0.860. The second kappa shape index (κ2) is 6.50. The molecule has 0 spiro atoms. The molecule has 0 radical (unpaired) electrons. The Morgan fingerprint density at radius 3 is 2.29 bits per heavy atom. The molecule has 21 heavy (non-hydrogen) atoms. The molecule has 2 aliphatic rings. The third kappa shape index (κ3) is 4.55. The van der Waals surface area contributed by atoms with E-state index in [0.717, 1.165) is 0 Å². The van der Waals surface area contributed by atoms with Crippen LogP contribution in [0.2, 0.25) is 0 Å². The van der Waals surface area contributed by atoms with Crippen LogP contribution in [-0.4, -0.2) is 79.5 Å². The molecule has 0 aromatic carbocycles. The van der Waals surface area contributed by atoms with Crippen LogP contribution >= 0.6 is 0 Å². The number of carbonyl (C=O) groups is 1. The van der Waals surface area contributed by atoms with Crippen molar-refractivity contribution in [3.63, 3.8) is 0 Å². The lowest BCUT2D eigenvalue weighted by molar-refractivity contribution is -0.161. The fourth-order valence-electron chi connectivity index (χ4n) is 3.00. The molecular weight excluding hydrogens is 289 g/mol. The lowest BCUT2D eigenvalue weighted by Crippen LogP contribution is -2.54.